The van der Waals surface area contributed by atoms with Crippen molar-refractivity contribution in [3.8, 4) is 5.75 Å². The predicted molar refractivity (Wildman–Crippen MR) is 96.3 cm³/mol. The fourth-order valence-electron chi connectivity index (χ4n) is 1.96. The van der Waals surface area contributed by atoms with Crippen LogP contribution >= 0.6 is 11.6 Å². The minimum absolute atomic E-state index is 0.0412. The molecule has 0 spiro atoms. The average Bonchev–Trinajstić information content (AvgIpc) is 3.08. The van der Waals surface area contributed by atoms with Crippen molar-refractivity contribution in [1.29, 1.82) is 0 Å². The quantitative estimate of drug-likeness (QED) is 0.646. The molecule has 2 aromatic rings. The normalized spacial score (nSPS) is 12.1. The van der Waals surface area contributed by atoms with Crippen molar-refractivity contribution in [2.45, 2.75) is 39.3 Å². The maximum Gasteiger partial charge on any atom is 0.315 e. The second-order valence-corrected chi connectivity index (χ2v) is 6.55. The predicted octanol–water partition coefficient (Wildman–Crippen LogP) is 2.39. The number of amides is 2. The molecule has 0 saturated heterocycles. The molecule has 2 amide bonds. The van der Waals surface area contributed by atoms with Crippen molar-refractivity contribution in [2.24, 2.45) is 0 Å². The molecule has 0 fully saturated rings. The van der Waals surface area contributed by atoms with Crippen LogP contribution in [0.5, 0.6) is 5.75 Å². The highest BCUT2D eigenvalue weighted by molar-refractivity contribution is 6.31. The van der Waals surface area contributed by atoms with E-state index < -0.39 is 12.1 Å². The van der Waals surface area contributed by atoms with Gasteiger partial charge in [-0.2, -0.15) is 4.98 Å². The number of hydrogen-bond acceptors (Lipinski definition) is 6. The van der Waals surface area contributed by atoms with Gasteiger partial charge in [0, 0.05) is 17.5 Å². The zero-order valence-corrected chi connectivity index (χ0v) is 15.7. The Morgan fingerprint density at radius 2 is 2.15 bits per heavy atom. The van der Waals surface area contributed by atoms with Crippen molar-refractivity contribution in [2.75, 3.05) is 13.2 Å². The lowest BCUT2D eigenvalue weighted by Gasteiger charge is -2.14. The number of carbonyl (C=O) groups excluding carboxylic acids is 1. The van der Waals surface area contributed by atoms with E-state index in [9.17, 15) is 9.90 Å². The Hall–Kier alpha value is -2.32. The van der Waals surface area contributed by atoms with Crippen LogP contribution in [-0.2, 0) is 6.54 Å². The van der Waals surface area contributed by atoms with E-state index in [1.54, 1.807) is 18.2 Å². The van der Waals surface area contributed by atoms with E-state index in [4.69, 9.17) is 20.9 Å². The van der Waals surface area contributed by atoms with Gasteiger partial charge in [0.2, 0.25) is 5.89 Å². The van der Waals surface area contributed by atoms with Crippen LogP contribution in [-0.4, -0.2) is 40.5 Å². The Bertz CT molecular complexity index is 735. The van der Waals surface area contributed by atoms with Gasteiger partial charge in [-0.1, -0.05) is 30.6 Å². The Labute approximate surface area is 156 Å². The molecule has 1 aromatic carbocycles. The van der Waals surface area contributed by atoms with Crippen molar-refractivity contribution < 1.29 is 19.2 Å². The fraction of sp³-hybridized carbons (Fsp3) is 0.471. The number of aryl methyl sites for hydroxylation is 1. The van der Waals surface area contributed by atoms with E-state index in [0.717, 1.165) is 5.56 Å². The summed E-state index contributed by atoms with van der Waals surface area (Å²) in [6, 6.07) is 4.78. The molecule has 9 heteroatoms. The van der Waals surface area contributed by atoms with Gasteiger partial charge < -0.3 is 25.0 Å². The van der Waals surface area contributed by atoms with Crippen LogP contribution in [0.2, 0.25) is 5.02 Å². The number of aromatic nitrogens is 2. The summed E-state index contributed by atoms with van der Waals surface area (Å²) in [6.45, 7) is 5.96. The van der Waals surface area contributed by atoms with Gasteiger partial charge >= 0.3 is 6.03 Å². The lowest BCUT2D eigenvalue weighted by atomic mass is 10.2. The maximum atomic E-state index is 11.7. The van der Waals surface area contributed by atoms with E-state index in [1.165, 1.54) is 0 Å². The first-order valence-corrected chi connectivity index (χ1v) is 8.64. The van der Waals surface area contributed by atoms with Crippen LogP contribution in [0.3, 0.4) is 0 Å². The molecule has 1 aromatic heterocycles. The first-order valence-electron chi connectivity index (χ1n) is 8.26. The van der Waals surface area contributed by atoms with Gasteiger partial charge in [-0.25, -0.2) is 4.79 Å². The summed E-state index contributed by atoms with van der Waals surface area (Å²) in [5.41, 5.74) is 0.887. The molecule has 26 heavy (non-hydrogen) atoms. The molecule has 142 valence electrons. The number of aliphatic hydroxyl groups is 1. The maximum absolute atomic E-state index is 11.7. The van der Waals surface area contributed by atoms with E-state index in [0.29, 0.717) is 22.5 Å². The third-order valence-corrected chi connectivity index (χ3v) is 3.89. The number of urea groups is 1. The third kappa shape index (κ3) is 6.20. The molecule has 3 N–H and O–H groups in total. The SMILES string of the molecule is Cc1cc(OCC(O)CNC(=O)NCc2nc(C(C)C)no2)ccc1Cl. The number of carbonyl (C=O) groups is 1. The van der Waals surface area contributed by atoms with Crippen LogP contribution in [0.25, 0.3) is 0 Å². The summed E-state index contributed by atoms with van der Waals surface area (Å²) in [6.07, 6.45) is -0.854. The van der Waals surface area contributed by atoms with Gasteiger partial charge in [0.15, 0.2) is 5.82 Å². The summed E-state index contributed by atoms with van der Waals surface area (Å²) in [5.74, 6) is 1.67. The van der Waals surface area contributed by atoms with Crippen molar-refractivity contribution >= 4 is 17.6 Å². The molecule has 0 aliphatic heterocycles. The minimum Gasteiger partial charge on any atom is -0.491 e. The van der Waals surface area contributed by atoms with Gasteiger partial charge in [0.1, 0.15) is 18.5 Å². The summed E-state index contributed by atoms with van der Waals surface area (Å²) in [7, 11) is 0. The molecular weight excluding hydrogens is 360 g/mol. The van der Waals surface area contributed by atoms with Crippen LogP contribution < -0.4 is 15.4 Å². The summed E-state index contributed by atoms with van der Waals surface area (Å²) in [5, 5.41) is 19.5. The zero-order chi connectivity index (χ0) is 19.1. The Morgan fingerprint density at radius 1 is 1.38 bits per heavy atom. The molecular formula is C17H23ClN4O4. The van der Waals surface area contributed by atoms with E-state index in [2.05, 4.69) is 20.8 Å². The highest BCUT2D eigenvalue weighted by Crippen LogP contribution is 2.21. The number of ether oxygens (including phenoxy) is 1. The summed E-state index contributed by atoms with van der Waals surface area (Å²) in [4.78, 5) is 15.9. The standard InChI is InChI=1S/C17H23ClN4O4/c1-10(2)16-21-15(26-22-16)8-20-17(24)19-7-12(23)9-25-13-4-5-14(18)11(3)6-13/h4-6,10,12,23H,7-9H2,1-3H3,(H2,19,20,24). The smallest absolute Gasteiger partial charge is 0.315 e. The molecule has 0 aliphatic carbocycles. The Kier molecular flexibility index (Phi) is 7.23. The number of halogens is 1. The molecule has 2 rings (SSSR count). The number of rotatable bonds is 8. The minimum atomic E-state index is -0.854. The molecule has 0 radical (unpaired) electrons. The molecule has 0 saturated carbocycles. The van der Waals surface area contributed by atoms with Crippen LogP contribution in [0.4, 0.5) is 4.79 Å². The highest BCUT2D eigenvalue weighted by atomic mass is 35.5. The average molecular weight is 383 g/mol. The topological polar surface area (TPSA) is 110 Å². The first-order chi connectivity index (χ1) is 12.3. The summed E-state index contributed by atoms with van der Waals surface area (Å²) >= 11 is 5.94. The molecule has 1 unspecified atom stereocenters. The molecule has 1 atom stereocenters. The third-order valence-electron chi connectivity index (χ3n) is 3.47. The monoisotopic (exact) mass is 382 g/mol. The number of nitrogens with one attached hydrogen (secondary N) is 2. The van der Waals surface area contributed by atoms with Crippen molar-refractivity contribution in [3.63, 3.8) is 0 Å². The van der Waals surface area contributed by atoms with Gasteiger partial charge in [-0.05, 0) is 30.7 Å². The molecule has 8 nitrogen and oxygen atoms in total. The molecule has 1 heterocycles. The van der Waals surface area contributed by atoms with Gasteiger partial charge in [0.05, 0.1) is 6.54 Å². The summed E-state index contributed by atoms with van der Waals surface area (Å²) < 4.78 is 10.5. The second kappa shape index (κ2) is 9.40. The van der Waals surface area contributed by atoms with E-state index >= 15 is 0 Å². The molecule has 0 bridgehead atoms. The first kappa shape index (κ1) is 20.0. The second-order valence-electron chi connectivity index (χ2n) is 6.14. The van der Waals surface area contributed by atoms with E-state index in [1.807, 2.05) is 20.8 Å². The number of aliphatic hydroxyl groups excluding tert-OH is 1. The van der Waals surface area contributed by atoms with Gasteiger partial charge in [0.25, 0.3) is 0 Å². The van der Waals surface area contributed by atoms with Crippen LogP contribution in [0.15, 0.2) is 22.7 Å². The molecule has 0 aliphatic rings. The number of hydrogen-bond donors (Lipinski definition) is 3. The van der Waals surface area contributed by atoms with E-state index in [-0.39, 0.29) is 25.6 Å². The van der Waals surface area contributed by atoms with Gasteiger partial charge in [-0.15, -0.1) is 0 Å². The lowest BCUT2D eigenvalue weighted by molar-refractivity contribution is 0.107. The Morgan fingerprint density at radius 3 is 2.81 bits per heavy atom. The van der Waals surface area contributed by atoms with Crippen LogP contribution in [0, 0.1) is 6.92 Å². The van der Waals surface area contributed by atoms with Gasteiger partial charge in [-0.3, -0.25) is 0 Å². The highest BCUT2D eigenvalue weighted by Gasteiger charge is 2.12. The Balaban J connectivity index is 1.66. The van der Waals surface area contributed by atoms with Crippen LogP contribution in [0.1, 0.15) is 37.0 Å². The lowest BCUT2D eigenvalue weighted by Crippen LogP contribution is -2.41. The van der Waals surface area contributed by atoms with Crippen molar-refractivity contribution in [1.82, 2.24) is 20.8 Å². The number of nitrogens with zero attached hydrogens (tertiary/aromatic N) is 2. The largest absolute Gasteiger partial charge is 0.491 e. The zero-order valence-electron chi connectivity index (χ0n) is 15.0. The van der Waals surface area contributed by atoms with Crippen molar-refractivity contribution in [3.05, 3.63) is 40.5 Å². The number of benzene rings is 1. The fourth-order valence-corrected chi connectivity index (χ4v) is 2.08.